The summed E-state index contributed by atoms with van der Waals surface area (Å²) in [5, 5.41) is 22.5. The molecule has 0 aliphatic heterocycles. The molecular formula is C10H13N3O4. The molecule has 4 N–H and O–H groups in total. The summed E-state index contributed by atoms with van der Waals surface area (Å²) in [6, 6.07) is 3.78. The molecule has 1 amide bonds. The third kappa shape index (κ3) is 3.42. The highest BCUT2D eigenvalue weighted by Crippen LogP contribution is 2.25. The van der Waals surface area contributed by atoms with Crippen molar-refractivity contribution in [3.05, 3.63) is 33.9 Å². The fourth-order valence-corrected chi connectivity index (χ4v) is 1.25. The fourth-order valence-electron chi connectivity index (χ4n) is 1.25. The van der Waals surface area contributed by atoms with Crippen molar-refractivity contribution in [1.29, 1.82) is 0 Å². The highest BCUT2D eigenvalue weighted by atomic mass is 16.6. The van der Waals surface area contributed by atoms with Crippen molar-refractivity contribution in [1.82, 2.24) is 0 Å². The number of amides is 1. The first-order valence-corrected chi connectivity index (χ1v) is 4.92. The van der Waals surface area contributed by atoms with Gasteiger partial charge in [-0.3, -0.25) is 14.9 Å². The average Bonchev–Trinajstić information content (AvgIpc) is 2.25. The van der Waals surface area contributed by atoms with Crippen molar-refractivity contribution >= 4 is 17.3 Å². The molecule has 0 fully saturated rings. The highest BCUT2D eigenvalue weighted by molar-refractivity contribution is 5.94. The maximum Gasteiger partial charge on any atom is 0.292 e. The van der Waals surface area contributed by atoms with Gasteiger partial charge in [0.1, 0.15) is 5.69 Å². The highest BCUT2D eigenvalue weighted by Gasteiger charge is 2.15. The van der Waals surface area contributed by atoms with Gasteiger partial charge in [-0.1, -0.05) is 0 Å². The Morgan fingerprint density at radius 2 is 2.29 bits per heavy atom. The number of rotatable bonds is 5. The Balaban J connectivity index is 3.07. The number of aliphatic hydroxyl groups is 1. The maximum absolute atomic E-state index is 10.9. The summed E-state index contributed by atoms with van der Waals surface area (Å²) in [6.45, 7) is 1.68. The van der Waals surface area contributed by atoms with Crippen LogP contribution < -0.4 is 11.1 Å². The second kappa shape index (κ2) is 5.26. The van der Waals surface area contributed by atoms with E-state index in [1.807, 2.05) is 0 Å². The van der Waals surface area contributed by atoms with Gasteiger partial charge >= 0.3 is 0 Å². The Morgan fingerprint density at radius 1 is 1.65 bits per heavy atom. The van der Waals surface area contributed by atoms with Crippen LogP contribution in [-0.2, 0) is 0 Å². The monoisotopic (exact) mass is 239 g/mol. The molecule has 0 radical (unpaired) electrons. The summed E-state index contributed by atoms with van der Waals surface area (Å²) >= 11 is 0. The van der Waals surface area contributed by atoms with Crippen LogP contribution in [0.25, 0.3) is 0 Å². The first kappa shape index (κ1) is 12.9. The van der Waals surface area contributed by atoms with Crippen LogP contribution in [0, 0.1) is 10.1 Å². The van der Waals surface area contributed by atoms with E-state index in [1.165, 1.54) is 25.1 Å². The topological polar surface area (TPSA) is 118 Å². The zero-order valence-corrected chi connectivity index (χ0v) is 9.21. The molecule has 0 aliphatic rings. The predicted octanol–water partition coefficient (Wildman–Crippen LogP) is 0.486. The van der Waals surface area contributed by atoms with E-state index >= 15 is 0 Å². The van der Waals surface area contributed by atoms with E-state index in [1.54, 1.807) is 0 Å². The zero-order chi connectivity index (χ0) is 13.0. The van der Waals surface area contributed by atoms with Gasteiger partial charge in [0.05, 0.1) is 11.0 Å². The standard InChI is InChI=1S/C10H13N3O4/c1-6(14)5-12-8-4-7(10(11)15)2-3-9(8)13(16)17/h2-4,6,12,14H,5H2,1H3,(H2,11,15). The lowest BCUT2D eigenvalue weighted by molar-refractivity contribution is -0.384. The number of carbonyl (C=O) groups excluding carboxylic acids is 1. The first-order chi connectivity index (χ1) is 7.91. The minimum Gasteiger partial charge on any atom is -0.392 e. The SMILES string of the molecule is CC(O)CNc1cc(C(N)=O)ccc1[N+](=O)[O-]. The Morgan fingerprint density at radius 3 is 2.76 bits per heavy atom. The molecule has 1 atom stereocenters. The number of hydrogen-bond donors (Lipinski definition) is 3. The predicted molar refractivity (Wildman–Crippen MR) is 61.8 cm³/mol. The van der Waals surface area contributed by atoms with Crippen molar-refractivity contribution < 1.29 is 14.8 Å². The summed E-state index contributed by atoms with van der Waals surface area (Å²) in [7, 11) is 0. The number of hydrogen-bond acceptors (Lipinski definition) is 5. The van der Waals surface area contributed by atoms with Crippen LogP contribution in [0.5, 0.6) is 0 Å². The number of nitro benzene ring substituents is 1. The van der Waals surface area contributed by atoms with Gasteiger partial charge in [0.15, 0.2) is 0 Å². The molecule has 1 rings (SSSR count). The van der Waals surface area contributed by atoms with Crippen LogP contribution in [0.3, 0.4) is 0 Å². The van der Waals surface area contributed by atoms with Crippen LogP contribution in [0.4, 0.5) is 11.4 Å². The van der Waals surface area contributed by atoms with Crippen LogP contribution in [-0.4, -0.2) is 28.6 Å². The molecule has 7 nitrogen and oxygen atoms in total. The summed E-state index contributed by atoms with van der Waals surface area (Å²) in [5.41, 5.74) is 5.24. The second-order valence-corrected chi connectivity index (χ2v) is 3.58. The molecule has 7 heteroatoms. The number of aliphatic hydroxyl groups excluding tert-OH is 1. The second-order valence-electron chi connectivity index (χ2n) is 3.58. The quantitative estimate of drug-likeness (QED) is 0.510. The molecule has 1 aromatic carbocycles. The van der Waals surface area contributed by atoms with Crippen LogP contribution in [0.15, 0.2) is 18.2 Å². The van der Waals surface area contributed by atoms with Crippen LogP contribution in [0.1, 0.15) is 17.3 Å². The normalized spacial score (nSPS) is 11.9. The van der Waals surface area contributed by atoms with E-state index in [9.17, 15) is 14.9 Å². The average molecular weight is 239 g/mol. The van der Waals surface area contributed by atoms with E-state index in [-0.39, 0.29) is 23.5 Å². The lowest BCUT2D eigenvalue weighted by Crippen LogP contribution is -2.17. The van der Waals surface area contributed by atoms with Crippen molar-refractivity contribution in [2.45, 2.75) is 13.0 Å². The van der Waals surface area contributed by atoms with Gasteiger partial charge < -0.3 is 16.2 Å². The number of nitrogens with one attached hydrogen (secondary N) is 1. The number of benzene rings is 1. The first-order valence-electron chi connectivity index (χ1n) is 4.92. The minimum absolute atomic E-state index is 0.142. The molecule has 0 heterocycles. The summed E-state index contributed by atoms with van der Waals surface area (Å²) in [6.07, 6.45) is -0.660. The van der Waals surface area contributed by atoms with E-state index < -0.39 is 16.9 Å². The number of nitrogens with two attached hydrogens (primary N) is 1. The van der Waals surface area contributed by atoms with Crippen LogP contribution in [0.2, 0.25) is 0 Å². The minimum atomic E-state index is -0.667. The Hall–Kier alpha value is -2.15. The molecule has 0 aliphatic carbocycles. The fraction of sp³-hybridized carbons (Fsp3) is 0.300. The third-order valence-corrected chi connectivity index (χ3v) is 2.07. The lowest BCUT2D eigenvalue weighted by Gasteiger charge is -2.09. The number of nitro groups is 1. The Labute approximate surface area is 97.4 Å². The number of nitrogens with zero attached hydrogens (tertiary/aromatic N) is 1. The van der Waals surface area contributed by atoms with Crippen molar-refractivity contribution in [3.63, 3.8) is 0 Å². The number of anilines is 1. The van der Waals surface area contributed by atoms with E-state index in [0.717, 1.165) is 0 Å². The van der Waals surface area contributed by atoms with Crippen molar-refractivity contribution in [3.8, 4) is 0 Å². The molecule has 0 saturated carbocycles. The molecular weight excluding hydrogens is 226 g/mol. The molecule has 92 valence electrons. The van der Waals surface area contributed by atoms with E-state index in [4.69, 9.17) is 10.8 Å². The van der Waals surface area contributed by atoms with Gasteiger partial charge in [-0.15, -0.1) is 0 Å². The summed E-state index contributed by atoms with van der Waals surface area (Å²) in [5.74, 6) is -0.667. The van der Waals surface area contributed by atoms with Crippen LogP contribution >= 0.6 is 0 Å². The summed E-state index contributed by atoms with van der Waals surface area (Å²) in [4.78, 5) is 21.1. The molecule has 0 bridgehead atoms. The molecule has 0 aromatic heterocycles. The molecule has 17 heavy (non-hydrogen) atoms. The van der Waals surface area contributed by atoms with Gasteiger partial charge in [0, 0.05) is 18.2 Å². The smallest absolute Gasteiger partial charge is 0.292 e. The molecule has 1 unspecified atom stereocenters. The Kier molecular flexibility index (Phi) is 4.00. The third-order valence-electron chi connectivity index (χ3n) is 2.07. The maximum atomic E-state index is 10.9. The Bertz CT molecular complexity index is 445. The zero-order valence-electron chi connectivity index (χ0n) is 9.21. The number of primary amides is 1. The van der Waals surface area contributed by atoms with Crippen molar-refractivity contribution in [2.75, 3.05) is 11.9 Å². The molecule has 0 saturated heterocycles. The largest absolute Gasteiger partial charge is 0.392 e. The van der Waals surface area contributed by atoms with Gasteiger partial charge in [0.2, 0.25) is 5.91 Å². The van der Waals surface area contributed by atoms with Crippen molar-refractivity contribution in [2.24, 2.45) is 5.73 Å². The van der Waals surface area contributed by atoms with E-state index in [0.29, 0.717) is 0 Å². The van der Waals surface area contributed by atoms with Gasteiger partial charge in [-0.2, -0.15) is 0 Å². The van der Waals surface area contributed by atoms with Gasteiger partial charge in [0.25, 0.3) is 5.69 Å². The molecule has 0 spiro atoms. The number of carbonyl (C=O) groups is 1. The lowest BCUT2D eigenvalue weighted by atomic mass is 10.1. The van der Waals surface area contributed by atoms with Gasteiger partial charge in [-0.25, -0.2) is 0 Å². The molecule has 1 aromatic rings. The summed E-state index contributed by atoms with van der Waals surface area (Å²) < 4.78 is 0. The van der Waals surface area contributed by atoms with E-state index in [2.05, 4.69) is 5.32 Å². The van der Waals surface area contributed by atoms with Gasteiger partial charge in [-0.05, 0) is 19.1 Å².